The number of carbonyl (C=O) groups is 2. The number of hydrazine groups is 1. The fourth-order valence-corrected chi connectivity index (χ4v) is 3.58. The molecule has 6 heteroatoms. The van der Waals surface area contributed by atoms with Gasteiger partial charge in [-0.2, -0.15) is 0 Å². The molecule has 2 aromatic rings. The zero-order valence-corrected chi connectivity index (χ0v) is 15.5. The highest BCUT2D eigenvalue weighted by molar-refractivity contribution is 5.80. The Bertz CT molecular complexity index is 804. The number of nitrogens with zero attached hydrogens (tertiary/aromatic N) is 1. The molecule has 1 amide bonds. The standard InChI is InChI=1S/C21H24N2O4/c1-13(2)11-19(20(24)25)23(22)21(26)27-12-18-16-9-5-3-7-14(16)15-8-4-6-10-17(15)18/h3-10,13,18-19H,11-12,22H2,1-2H3,(H,24,25)/t19-/m0/s1. The van der Waals surface area contributed by atoms with Gasteiger partial charge in [0.05, 0.1) is 0 Å². The molecule has 1 aliphatic rings. The Balaban J connectivity index is 1.75. The van der Waals surface area contributed by atoms with Crippen LogP contribution in [0.5, 0.6) is 0 Å². The number of aliphatic carboxylic acids is 1. The number of carbonyl (C=O) groups excluding carboxylic acids is 1. The Hall–Kier alpha value is -2.86. The third-order valence-corrected chi connectivity index (χ3v) is 4.86. The first kappa shape index (κ1) is 18.9. The van der Waals surface area contributed by atoms with Gasteiger partial charge in [0.25, 0.3) is 0 Å². The quantitative estimate of drug-likeness (QED) is 0.462. The highest BCUT2D eigenvalue weighted by Gasteiger charge is 2.32. The Morgan fingerprint density at radius 1 is 1.07 bits per heavy atom. The number of amides is 1. The van der Waals surface area contributed by atoms with Crippen LogP contribution in [0.3, 0.4) is 0 Å². The minimum atomic E-state index is -1.14. The average Bonchev–Trinajstić information content (AvgIpc) is 2.97. The van der Waals surface area contributed by atoms with Crippen LogP contribution in [0.25, 0.3) is 11.1 Å². The van der Waals surface area contributed by atoms with E-state index >= 15 is 0 Å². The topological polar surface area (TPSA) is 92.9 Å². The van der Waals surface area contributed by atoms with Gasteiger partial charge in [-0.3, -0.25) is 0 Å². The molecular weight excluding hydrogens is 344 g/mol. The van der Waals surface area contributed by atoms with E-state index in [9.17, 15) is 14.7 Å². The summed E-state index contributed by atoms with van der Waals surface area (Å²) in [6.07, 6.45) is -0.569. The first-order chi connectivity index (χ1) is 12.9. The van der Waals surface area contributed by atoms with Crippen LogP contribution in [-0.4, -0.2) is 34.8 Å². The van der Waals surface area contributed by atoms with Crippen LogP contribution in [0.2, 0.25) is 0 Å². The van der Waals surface area contributed by atoms with Crippen LogP contribution in [0, 0.1) is 5.92 Å². The number of ether oxygens (including phenoxy) is 1. The lowest BCUT2D eigenvalue weighted by Crippen LogP contribution is -2.50. The summed E-state index contributed by atoms with van der Waals surface area (Å²) in [7, 11) is 0. The molecule has 0 spiro atoms. The Kier molecular flexibility index (Phi) is 5.46. The molecule has 0 bridgehead atoms. The number of hydrogen-bond donors (Lipinski definition) is 2. The van der Waals surface area contributed by atoms with Crippen LogP contribution < -0.4 is 5.84 Å². The number of nitrogens with two attached hydrogens (primary N) is 1. The number of carboxylic acids is 1. The van der Waals surface area contributed by atoms with Gasteiger partial charge < -0.3 is 9.84 Å². The van der Waals surface area contributed by atoms with E-state index in [1.54, 1.807) is 0 Å². The molecule has 0 aromatic heterocycles. The second-order valence-electron chi connectivity index (χ2n) is 7.19. The van der Waals surface area contributed by atoms with Crippen molar-refractivity contribution in [2.24, 2.45) is 11.8 Å². The van der Waals surface area contributed by atoms with Crippen LogP contribution in [0.1, 0.15) is 37.3 Å². The van der Waals surface area contributed by atoms with Gasteiger partial charge in [-0.25, -0.2) is 20.4 Å². The summed E-state index contributed by atoms with van der Waals surface area (Å²) in [5, 5.41) is 10.0. The van der Waals surface area contributed by atoms with Crippen molar-refractivity contribution >= 4 is 12.1 Å². The largest absolute Gasteiger partial charge is 0.480 e. The number of hydrogen-bond acceptors (Lipinski definition) is 4. The van der Waals surface area contributed by atoms with Gasteiger partial charge >= 0.3 is 12.1 Å². The van der Waals surface area contributed by atoms with Gasteiger partial charge in [-0.1, -0.05) is 62.4 Å². The highest BCUT2D eigenvalue weighted by atomic mass is 16.6. The lowest BCUT2D eigenvalue weighted by molar-refractivity contribution is -0.143. The molecule has 1 aliphatic carbocycles. The van der Waals surface area contributed by atoms with Crippen molar-refractivity contribution in [2.75, 3.05) is 6.61 Å². The van der Waals surface area contributed by atoms with Crippen LogP contribution >= 0.6 is 0 Å². The number of rotatable bonds is 6. The second kappa shape index (κ2) is 7.80. The predicted molar refractivity (Wildman–Crippen MR) is 102 cm³/mol. The minimum absolute atomic E-state index is 0.0820. The van der Waals surface area contributed by atoms with E-state index in [0.29, 0.717) is 5.01 Å². The van der Waals surface area contributed by atoms with Crippen molar-refractivity contribution in [1.29, 1.82) is 0 Å². The van der Waals surface area contributed by atoms with Gasteiger partial charge in [0, 0.05) is 5.92 Å². The van der Waals surface area contributed by atoms with E-state index in [4.69, 9.17) is 10.6 Å². The monoisotopic (exact) mass is 368 g/mol. The molecule has 2 aromatic carbocycles. The molecule has 0 radical (unpaired) electrons. The molecule has 0 saturated carbocycles. The molecule has 3 rings (SSSR count). The normalized spacial score (nSPS) is 13.8. The van der Waals surface area contributed by atoms with Crippen LogP contribution in [-0.2, 0) is 9.53 Å². The summed E-state index contributed by atoms with van der Waals surface area (Å²) in [6, 6.07) is 14.9. The fourth-order valence-electron chi connectivity index (χ4n) is 3.58. The maximum Gasteiger partial charge on any atom is 0.424 e. The summed E-state index contributed by atoms with van der Waals surface area (Å²) in [4.78, 5) is 23.8. The number of carboxylic acid groups (broad SMARTS) is 1. The highest BCUT2D eigenvalue weighted by Crippen LogP contribution is 2.44. The first-order valence-electron chi connectivity index (χ1n) is 9.01. The van der Waals surface area contributed by atoms with Crippen LogP contribution in [0.4, 0.5) is 4.79 Å². The molecule has 0 aliphatic heterocycles. The minimum Gasteiger partial charge on any atom is -0.480 e. The lowest BCUT2D eigenvalue weighted by Gasteiger charge is -2.25. The van der Waals surface area contributed by atoms with Crippen molar-refractivity contribution in [1.82, 2.24) is 5.01 Å². The van der Waals surface area contributed by atoms with E-state index < -0.39 is 18.1 Å². The summed E-state index contributed by atoms with van der Waals surface area (Å²) < 4.78 is 5.41. The zero-order valence-electron chi connectivity index (χ0n) is 15.5. The Morgan fingerprint density at radius 2 is 1.59 bits per heavy atom. The van der Waals surface area contributed by atoms with E-state index in [0.717, 1.165) is 22.3 Å². The van der Waals surface area contributed by atoms with Gasteiger partial charge in [-0.15, -0.1) is 0 Å². The molecule has 1 atom stereocenters. The van der Waals surface area contributed by atoms with Gasteiger partial charge in [0.1, 0.15) is 12.6 Å². The zero-order chi connectivity index (χ0) is 19.6. The van der Waals surface area contributed by atoms with E-state index in [1.807, 2.05) is 62.4 Å². The molecule has 3 N–H and O–H groups in total. The SMILES string of the molecule is CC(C)C[C@@H](C(=O)O)N(N)C(=O)OCC1c2ccccc2-c2ccccc21. The third-order valence-electron chi connectivity index (χ3n) is 4.86. The Morgan fingerprint density at radius 3 is 2.07 bits per heavy atom. The Labute approximate surface area is 158 Å². The van der Waals surface area contributed by atoms with E-state index in [1.165, 1.54) is 0 Å². The number of benzene rings is 2. The van der Waals surface area contributed by atoms with Gasteiger partial charge in [-0.05, 0) is 34.6 Å². The molecule has 27 heavy (non-hydrogen) atoms. The van der Waals surface area contributed by atoms with Gasteiger partial charge in [0.2, 0.25) is 0 Å². The molecule has 0 fully saturated rings. The maximum atomic E-state index is 12.4. The summed E-state index contributed by atoms with van der Waals surface area (Å²) >= 11 is 0. The predicted octanol–water partition coefficient (Wildman–Crippen LogP) is 3.61. The van der Waals surface area contributed by atoms with Crippen molar-refractivity contribution in [3.63, 3.8) is 0 Å². The molecule has 142 valence electrons. The fraction of sp³-hybridized carbons (Fsp3) is 0.333. The molecule has 0 unspecified atom stereocenters. The van der Waals surface area contributed by atoms with Crippen LogP contribution in [0.15, 0.2) is 48.5 Å². The van der Waals surface area contributed by atoms with Crippen molar-refractivity contribution in [3.05, 3.63) is 59.7 Å². The van der Waals surface area contributed by atoms with Crippen molar-refractivity contribution < 1.29 is 19.4 Å². The summed E-state index contributed by atoms with van der Waals surface area (Å²) in [5.74, 6) is 4.61. The van der Waals surface area contributed by atoms with Gasteiger partial charge in [0.15, 0.2) is 0 Å². The summed E-state index contributed by atoms with van der Waals surface area (Å²) in [6.45, 7) is 3.86. The maximum absolute atomic E-state index is 12.4. The second-order valence-corrected chi connectivity index (χ2v) is 7.19. The number of fused-ring (bicyclic) bond motifs is 3. The molecule has 0 saturated heterocycles. The molecule has 0 heterocycles. The van der Waals surface area contributed by atoms with E-state index in [2.05, 4.69) is 0 Å². The third kappa shape index (κ3) is 3.80. The van der Waals surface area contributed by atoms with Crippen molar-refractivity contribution in [2.45, 2.75) is 32.2 Å². The lowest BCUT2D eigenvalue weighted by atomic mass is 9.98. The average molecular weight is 368 g/mol. The smallest absolute Gasteiger partial charge is 0.424 e. The molecular formula is C21H24N2O4. The molecule has 6 nitrogen and oxygen atoms in total. The van der Waals surface area contributed by atoms with E-state index in [-0.39, 0.29) is 24.9 Å². The van der Waals surface area contributed by atoms with Crippen molar-refractivity contribution in [3.8, 4) is 11.1 Å². The first-order valence-corrected chi connectivity index (χ1v) is 9.01. The summed E-state index contributed by atoms with van der Waals surface area (Å²) in [5.41, 5.74) is 4.43.